The summed E-state index contributed by atoms with van der Waals surface area (Å²) in [5, 5.41) is 9.72. The summed E-state index contributed by atoms with van der Waals surface area (Å²) in [5.41, 5.74) is 1.35. The van der Waals surface area contributed by atoms with E-state index in [2.05, 4.69) is 15.5 Å². The Labute approximate surface area is 207 Å². The molecule has 4 aromatic rings. The number of para-hydroxylation sites is 1. The first kappa shape index (κ1) is 23.9. The van der Waals surface area contributed by atoms with Crippen LogP contribution in [0.25, 0.3) is 28.1 Å². The Morgan fingerprint density at radius 3 is 2.44 bits per heavy atom. The first-order chi connectivity index (χ1) is 17.1. The highest BCUT2D eigenvalue weighted by atomic mass is 35.5. The topological polar surface area (TPSA) is 102 Å². The average molecular weight is 518 g/mol. The van der Waals surface area contributed by atoms with Crippen molar-refractivity contribution in [2.24, 2.45) is 0 Å². The van der Waals surface area contributed by atoms with Gasteiger partial charge in [0.15, 0.2) is 0 Å². The lowest BCUT2D eigenvalue weighted by Gasteiger charge is -2.18. The highest BCUT2D eigenvalue weighted by Crippen LogP contribution is 2.39. The molecule has 2 aromatic carbocycles. The third kappa shape index (κ3) is 4.30. The SMILES string of the molecule is Cc1nc(-c2c(Cl)c3ccccc3n2-c2ccc(CNC(=O)C3(NC(=O)C(F)(F)F)CC3)cc2)no1. The predicted molar refractivity (Wildman–Crippen MR) is 124 cm³/mol. The zero-order valence-corrected chi connectivity index (χ0v) is 19.6. The molecular formula is C24H19ClF3N5O3. The number of alkyl halides is 3. The van der Waals surface area contributed by atoms with E-state index in [1.807, 2.05) is 41.0 Å². The number of hydrogen-bond donors (Lipinski definition) is 2. The summed E-state index contributed by atoms with van der Waals surface area (Å²) in [6, 6.07) is 14.7. The van der Waals surface area contributed by atoms with Gasteiger partial charge in [0, 0.05) is 24.5 Å². The number of hydrogen-bond acceptors (Lipinski definition) is 5. The molecular weight excluding hydrogens is 499 g/mol. The molecule has 1 fully saturated rings. The van der Waals surface area contributed by atoms with Gasteiger partial charge in [-0.2, -0.15) is 18.2 Å². The van der Waals surface area contributed by atoms with Crippen LogP contribution in [0.4, 0.5) is 13.2 Å². The lowest BCUT2D eigenvalue weighted by Crippen LogP contribution is -2.52. The molecule has 36 heavy (non-hydrogen) atoms. The minimum Gasteiger partial charge on any atom is -0.350 e. The van der Waals surface area contributed by atoms with E-state index < -0.39 is 23.5 Å². The second-order valence-electron chi connectivity index (χ2n) is 8.54. The molecule has 2 amide bonds. The molecule has 0 radical (unpaired) electrons. The minimum absolute atomic E-state index is 0.0762. The Balaban J connectivity index is 1.37. The number of amides is 2. The largest absolute Gasteiger partial charge is 0.471 e. The number of halogens is 4. The maximum Gasteiger partial charge on any atom is 0.471 e. The molecule has 0 saturated heterocycles. The van der Waals surface area contributed by atoms with E-state index >= 15 is 0 Å². The average Bonchev–Trinajstić information content (AvgIpc) is 3.41. The number of rotatable bonds is 6. The van der Waals surface area contributed by atoms with Crippen LogP contribution in [0.5, 0.6) is 0 Å². The molecule has 2 aromatic heterocycles. The Kier molecular flexibility index (Phi) is 5.74. The molecule has 12 heteroatoms. The van der Waals surface area contributed by atoms with Gasteiger partial charge in [-0.3, -0.25) is 9.59 Å². The summed E-state index contributed by atoms with van der Waals surface area (Å²) < 4.78 is 44.8. The molecule has 2 N–H and O–H groups in total. The van der Waals surface area contributed by atoms with Crippen molar-refractivity contribution in [3.8, 4) is 17.2 Å². The smallest absolute Gasteiger partial charge is 0.350 e. The zero-order valence-electron chi connectivity index (χ0n) is 18.8. The quantitative estimate of drug-likeness (QED) is 0.393. The standard InChI is InChI=1S/C24H19ClF3N5O3/c1-13-30-20(32-36-13)19-18(25)16-4-2-3-5-17(16)33(19)15-8-6-14(7-9-15)12-29-21(34)23(10-11-23)31-22(35)24(26,27)28/h2-9H,10-12H2,1H3,(H,29,34)(H,31,35). The molecule has 5 rings (SSSR count). The van der Waals surface area contributed by atoms with Crippen molar-refractivity contribution in [3.63, 3.8) is 0 Å². The number of nitrogens with one attached hydrogen (secondary N) is 2. The molecule has 1 aliphatic carbocycles. The minimum atomic E-state index is -5.05. The van der Waals surface area contributed by atoms with E-state index in [1.54, 1.807) is 24.4 Å². The summed E-state index contributed by atoms with van der Waals surface area (Å²) >= 11 is 6.69. The maximum atomic E-state index is 12.6. The highest BCUT2D eigenvalue weighted by Gasteiger charge is 2.54. The Hall–Kier alpha value is -3.86. The lowest BCUT2D eigenvalue weighted by molar-refractivity contribution is -0.175. The highest BCUT2D eigenvalue weighted by molar-refractivity contribution is 6.38. The molecule has 8 nitrogen and oxygen atoms in total. The monoisotopic (exact) mass is 517 g/mol. The molecule has 0 aliphatic heterocycles. The summed E-state index contributed by atoms with van der Waals surface area (Å²) in [6.45, 7) is 1.76. The molecule has 1 aliphatic rings. The third-order valence-electron chi connectivity index (χ3n) is 5.99. The van der Waals surface area contributed by atoms with Gasteiger partial charge in [0.05, 0.1) is 10.5 Å². The summed E-state index contributed by atoms with van der Waals surface area (Å²) in [7, 11) is 0. The second kappa shape index (κ2) is 8.66. The molecule has 1 saturated carbocycles. The molecule has 0 bridgehead atoms. The number of aromatic nitrogens is 3. The van der Waals surface area contributed by atoms with Crippen LogP contribution in [0.2, 0.25) is 5.02 Å². The van der Waals surface area contributed by atoms with Gasteiger partial charge in [0.2, 0.25) is 17.6 Å². The zero-order chi connectivity index (χ0) is 25.7. The van der Waals surface area contributed by atoms with Crippen molar-refractivity contribution in [2.75, 3.05) is 0 Å². The molecule has 0 spiro atoms. The van der Waals surface area contributed by atoms with Gasteiger partial charge in [-0.05, 0) is 36.6 Å². The van der Waals surface area contributed by atoms with Crippen molar-refractivity contribution in [3.05, 3.63) is 65.0 Å². The lowest BCUT2D eigenvalue weighted by atomic mass is 10.1. The predicted octanol–water partition coefficient (Wildman–Crippen LogP) is 4.47. The number of carbonyl (C=O) groups excluding carboxylic acids is 2. The van der Waals surface area contributed by atoms with Gasteiger partial charge in [-0.1, -0.05) is 47.1 Å². The van der Waals surface area contributed by atoms with Crippen LogP contribution in [0.15, 0.2) is 53.1 Å². The van der Waals surface area contributed by atoms with Gasteiger partial charge in [-0.15, -0.1) is 0 Å². The number of fused-ring (bicyclic) bond motifs is 1. The van der Waals surface area contributed by atoms with Gasteiger partial charge in [-0.25, -0.2) is 0 Å². The van der Waals surface area contributed by atoms with Crippen LogP contribution in [0.3, 0.4) is 0 Å². The molecule has 186 valence electrons. The van der Waals surface area contributed by atoms with E-state index in [1.165, 1.54) is 0 Å². The first-order valence-corrected chi connectivity index (χ1v) is 11.3. The van der Waals surface area contributed by atoms with Gasteiger partial charge < -0.3 is 19.7 Å². The van der Waals surface area contributed by atoms with Crippen molar-refractivity contribution in [1.82, 2.24) is 25.3 Å². The van der Waals surface area contributed by atoms with Crippen molar-refractivity contribution < 1.29 is 27.3 Å². The maximum absolute atomic E-state index is 12.6. The van der Waals surface area contributed by atoms with E-state index in [4.69, 9.17) is 16.1 Å². The van der Waals surface area contributed by atoms with Crippen LogP contribution < -0.4 is 10.6 Å². The number of carbonyl (C=O) groups is 2. The van der Waals surface area contributed by atoms with Crippen LogP contribution >= 0.6 is 11.6 Å². The summed E-state index contributed by atoms with van der Waals surface area (Å²) in [6.07, 6.45) is -4.74. The molecule has 2 heterocycles. The van der Waals surface area contributed by atoms with Crippen molar-refractivity contribution in [1.29, 1.82) is 0 Å². The van der Waals surface area contributed by atoms with E-state index in [9.17, 15) is 22.8 Å². The molecule has 0 atom stereocenters. The Bertz CT molecular complexity index is 1470. The van der Waals surface area contributed by atoms with E-state index in [0.717, 1.165) is 16.6 Å². The van der Waals surface area contributed by atoms with Crippen LogP contribution in [-0.2, 0) is 16.1 Å². The van der Waals surface area contributed by atoms with Crippen LogP contribution in [-0.4, -0.2) is 38.2 Å². The first-order valence-electron chi connectivity index (χ1n) is 11.0. The van der Waals surface area contributed by atoms with Gasteiger partial charge in [0.1, 0.15) is 11.2 Å². The van der Waals surface area contributed by atoms with E-state index in [0.29, 0.717) is 28.0 Å². The Morgan fingerprint density at radius 2 is 1.83 bits per heavy atom. The molecule has 0 unspecified atom stereocenters. The van der Waals surface area contributed by atoms with Gasteiger partial charge >= 0.3 is 12.1 Å². The second-order valence-corrected chi connectivity index (χ2v) is 8.91. The van der Waals surface area contributed by atoms with Crippen LogP contribution in [0.1, 0.15) is 24.3 Å². The fourth-order valence-electron chi connectivity index (χ4n) is 4.00. The van der Waals surface area contributed by atoms with E-state index in [-0.39, 0.29) is 19.4 Å². The third-order valence-corrected chi connectivity index (χ3v) is 6.38. The number of benzene rings is 2. The normalized spacial score (nSPS) is 14.6. The van der Waals surface area contributed by atoms with Gasteiger partial charge in [0.25, 0.3) is 0 Å². The van der Waals surface area contributed by atoms with Crippen molar-refractivity contribution in [2.45, 2.75) is 38.0 Å². The Morgan fingerprint density at radius 1 is 1.14 bits per heavy atom. The summed E-state index contributed by atoms with van der Waals surface area (Å²) in [4.78, 5) is 28.0. The fraction of sp³-hybridized carbons (Fsp3) is 0.250. The van der Waals surface area contributed by atoms with Crippen LogP contribution in [0, 0.1) is 6.92 Å². The number of nitrogens with zero attached hydrogens (tertiary/aromatic N) is 3. The fourth-order valence-corrected chi connectivity index (χ4v) is 4.33. The summed E-state index contributed by atoms with van der Waals surface area (Å²) in [5.74, 6) is -2.05. The number of aryl methyl sites for hydroxylation is 1. The van der Waals surface area contributed by atoms with Crippen molar-refractivity contribution >= 4 is 34.3 Å².